The van der Waals surface area contributed by atoms with Gasteiger partial charge in [0.15, 0.2) is 5.82 Å². The topological polar surface area (TPSA) is 47.1 Å². The number of halogens is 3. The maximum absolute atomic E-state index is 13.8. The standard InChI is InChI=1S/C16H20F2N4.ClH/c1-16(10-19)5-7-21(11-16)9-13-4-6-22(20-13)15-3-2-12(17)8-14(15)18;/h2-4,6,8H,5,7,9-11,19H2,1H3;1H. The number of aromatic nitrogens is 2. The van der Waals surface area contributed by atoms with Crippen LogP contribution < -0.4 is 5.73 Å². The molecule has 2 aromatic rings. The van der Waals surface area contributed by atoms with Crippen molar-refractivity contribution in [2.24, 2.45) is 11.1 Å². The Bertz CT molecular complexity index is 676. The van der Waals surface area contributed by atoms with Gasteiger partial charge in [-0.15, -0.1) is 12.4 Å². The largest absolute Gasteiger partial charge is 0.330 e. The van der Waals surface area contributed by atoms with Crippen molar-refractivity contribution >= 4 is 12.4 Å². The molecule has 2 N–H and O–H groups in total. The zero-order valence-electron chi connectivity index (χ0n) is 13.0. The van der Waals surface area contributed by atoms with Crippen molar-refractivity contribution in [3.05, 3.63) is 47.8 Å². The average Bonchev–Trinajstić information content (AvgIpc) is 3.07. The summed E-state index contributed by atoms with van der Waals surface area (Å²) in [5, 5.41) is 4.39. The minimum Gasteiger partial charge on any atom is -0.330 e. The summed E-state index contributed by atoms with van der Waals surface area (Å²) in [5.41, 5.74) is 7.10. The van der Waals surface area contributed by atoms with E-state index < -0.39 is 11.6 Å². The summed E-state index contributed by atoms with van der Waals surface area (Å²) in [7, 11) is 0. The second-order valence-corrected chi connectivity index (χ2v) is 6.32. The summed E-state index contributed by atoms with van der Waals surface area (Å²) in [6.07, 6.45) is 2.78. The van der Waals surface area contributed by atoms with Gasteiger partial charge in [-0.2, -0.15) is 5.10 Å². The first-order chi connectivity index (χ1) is 10.5. The maximum atomic E-state index is 13.8. The maximum Gasteiger partial charge on any atom is 0.151 e. The molecular formula is C16H21ClF2N4. The van der Waals surface area contributed by atoms with Crippen molar-refractivity contribution in [2.75, 3.05) is 19.6 Å². The van der Waals surface area contributed by atoms with Gasteiger partial charge in [0.1, 0.15) is 11.5 Å². The van der Waals surface area contributed by atoms with Crippen LogP contribution in [0.3, 0.4) is 0 Å². The number of nitrogens with zero attached hydrogens (tertiary/aromatic N) is 3. The van der Waals surface area contributed by atoms with Crippen molar-refractivity contribution in [1.29, 1.82) is 0 Å². The predicted molar refractivity (Wildman–Crippen MR) is 87.8 cm³/mol. The van der Waals surface area contributed by atoms with Gasteiger partial charge in [-0.05, 0) is 43.1 Å². The highest BCUT2D eigenvalue weighted by Crippen LogP contribution is 2.29. The molecule has 1 saturated heterocycles. The van der Waals surface area contributed by atoms with Gasteiger partial charge in [-0.1, -0.05) is 6.92 Å². The van der Waals surface area contributed by atoms with Crippen molar-refractivity contribution in [3.8, 4) is 5.69 Å². The van der Waals surface area contributed by atoms with E-state index in [4.69, 9.17) is 5.73 Å². The summed E-state index contributed by atoms with van der Waals surface area (Å²) in [6, 6.07) is 5.35. The molecule has 1 aliphatic heterocycles. The second-order valence-electron chi connectivity index (χ2n) is 6.32. The molecule has 3 rings (SSSR count). The van der Waals surface area contributed by atoms with Crippen LogP contribution in [0.4, 0.5) is 8.78 Å². The van der Waals surface area contributed by atoms with E-state index in [1.807, 2.05) is 6.07 Å². The lowest BCUT2D eigenvalue weighted by Gasteiger charge is -2.22. The Morgan fingerprint density at radius 2 is 2.09 bits per heavy atom. The van der Waals surface area contributed by atoms with Crippen LogP contribution in [-0.4, -0.2) is 34.3 Å². The molecule has 0 bridgehead atoms. The van der Waals surface area contributed by atoms with Gasteiger partial charge in [-0.3, -0.25) is 4.90 Å². The van der Waals surface area contributed by atoms with Gasteiger partial charge in [0.05, 0.1) is 5.69 Å². The van der Waals surface area contributed by atoms with Crippen LogP contribution in [0.1, 0.15) is 19.0 Å². The van der Waals surface area contributed by atoms with Crippen LogP contribution >= 0.6 is 12.4 Å². The van der Waals surface area contributed by atoms with E-state index in [1.165, 1.54) is 16.8 Å². The third kappa shape index (κ3) is 3.88. The lowest BCUT2D eigenvalue weighted by Crippen LogP contribution is -2.31. The highest BCUT2D eigenvalue weighted by atomic mass is 35.5. The van der Waals surface area contributed by atoms with E-state index in [2.05, 4.69) is 16.9 Å². The molecule has 0 spiro atoms. The quantitative estimate of drug-likeness (QED) is 0.929. The predicted octanol–water partition coefficient (Wildman–Crippen LogP) is 2.74. The number of rotatable bonds is 4. The number of nitrogens with two attached hydrogens (primary N) is 1. The molecule has 1 aromatic carbocycles. The smallest absolute Gasteiger partial charge is 0.151 e. The van der Waals surface area contributed by atoms with Crippen LogP contribution in [0.25, 0.3) is 5.69 Å². The van der Waals surface area contributed by atoms with Crippen LogP contribution in [0, 0.1) is 17.0 Å². The third-order valence-corrected chi connectivity index (χ3v) is 4.32. The van der Waals surface area contributed by atoms with Gasteiger partial charge in [-0.25, -0.2) is 13.5 Å². The van der Waals surface area contributed by atoms with E-state index in [1.54, 1.807) is 6.20 Å². The summed E-state index contributed by atoms with van der Waals surface area (Å²) in [5.74, 6) is -1.21. The van der Waals surface area contributed by atoms with E-state index in [0.717, 1.165) is 31.3 Å². The molecule has 1 aliphatic rings. The van der Waals surface area contributed by atoms with Gasteiger partial charge in [0.2, 0.25) is 0 Å². The molecule has 0 saturated carbocycles. The van der Waals surface area contributed by atoms with Crippen molar-refractivity contribution in [1.82, 2.24) is 14.7 Å². The fourth-order valence-electron chi connectivity index (χ4n) is 2.90. The highest BCUT2D eigenvalue weighted by Gasteiger charge is 2.32. The van der Waals surface area contributed by atoms with Gasteiger partial charge < -0.3 is 5.73 Å². The Balaban J connectivity index is 0.00000192. The molecule has 0 aliphatic carbocycles. The number of hydrogen-bond donors (Lipinski definition) is 1. The zero-order valence-corrected chi connectivity index (χ0v) is 13.8. The Morgan fingerprint density at radius 3 is 2.74 bits per heavy atom. The van der Waals surface area contributed by atoms with Crippen molar-refractivity contribution in [2.45, 2.75) is 19.9 Å². The number of benzene rings is 1. The Morgan fingerprint density at radius 1 is 1.30 bits per heavy atom. The van der Waals surface area contributed by atoms with Crippen LogP contribution in [0.2, 0.25) is 0 Å². The SMILES string of the molecule is CC1(CN)CCN(Cc2ccn(-c3ccc(F)cc3F)n2)C1.Cl. The van der Waals surface area contributed by atoms with E-state index in [-0.39, 0.29) is 23.5 Å². The molecule has 1 atom stereocenters. The molecule has 7 heteroatoms. The summed E-state index contributed by atoms with van der Waals surface area (Å²) in [4.78, 5) is 2.31. The van der Waals surface area contributed by atoms with Gasteiger partial charge in [0, 0.05) is 25.4 Å². The molecule has 1 aromatic heterocycles. The molecule has 126 valence electrons. The Hall–Kier alpha value is -1.50. The number of hydrogen-bond acceptors (Lipinski definition) is 3. The van der Waals surface area contributed by atoms with E-state index in [0.29, 0.717) is 13.1 Å². The molecule has 2 heterocycles. The van der Waals surface area contributed by atoms with E-state index >= 15 is 0 Å². The lowest BCUT2D eigenvalue weighted by molar-refractivity contribution is 0.271. The molecule has 23 heavy (non-hydrogen) atoms. The lowest BCUT2D eigenvalue weighted by atomic mass is 9.90. The Kier molecular flexibility index (Phi) is 5.39. The second kappa shape index (κ2) is 6.95. The average molecular weight is 343 g/mol. The van der Waals surface area contributed by atoms with Crippen molar-refractivity contribution < 1.29 is 8.78 Å². The first kappa shape index (κ1) is 17.8. The van der Waals surface area contributed by atoms with E-state index in [9.17, 15) is 8.78 Å². The van der Waals surface area contributed by atoms with Crippen molar-refractivity contribution in [3.63, 3.8) is 0 Å². The minimum absolute atomic E-state index is 0. The highest BCUT2D eigenvalue weighted by molar-refractivity contribution is 5.85. The molecule has 1 fully saturated rings. The first-order valence-electron chi connectivity index (χ1n) is 7.41. The van der Waals surface area contributed by atoms with Gasteiger partial charge in [0.25, 0.3) is 0 Å². The van der Waals surface area contributed by atoms with Crippen LogP contribution in [0.5, 0.6) is 0 Å². The molecule has 1 unspecified atom stereocenters. The fraction of sp³-hybridized carbons (Fsp3) is 0.438. The number of likely N-dealkylation sites (tertiary alicyclic amines) is 1. The molecule has 4 nitrogen and oxygen atoms in total. The summed E-state index contributed by atoms with van der Waals surface area (Å²) < 4.78 is 28.2. The molecule has 0 amide bonds. The van der Waals surface area contributed by atoms with Crippen LogP contribution in [-0.2, 0) is 6.54 Å². The summed E-state index contributed by atoms with van der Waals surface area (Å²) >= 11 is 0. The summed E-state index contributed by atoms with van der Waals surface area (Å²) in [6.45, 7) is 5.52. The normalized spacial score (nSPS) is 21.4. The minimum atomic E-state index is -0.619. The Labute approximate surface area is 140 Å². The first-order valence-corrected chi connectivity index (χ1v) is 7.41. The monoisotopic (exact) mass is 342 g/mol. The zero-order chi connectivity index (χ0) is 15.7. The third-order valence-electron chi connectivity index (χ3n) is 4.32. The van der Waals surface area contributed by atoms with Crippen LogP contribution in [0.15, 0.2) is 30.5 Å². The van der Waals surface area contributed by atoms with Gasteiger partial charge >= 0.3 is 0 Å². The molecular weight excluding hydrogens is 322 g/mol. The molecule has 0 radical (unpaired) electrons. The fourth-order valence-corrected chi connectivity index (χ4v) is 2.90.